The molecule has 118 valence electrons. The Kier molecular flexibility index (Phi) is 3.39. The molecule has 0 saturated carbocycles. The molecule has 0 fully saturated rings. The van der Waals surface area contributed by atoms with E-state index >= 15 is 0 Å². The van der Waals surface area contributed by atoms with Crippen LogP contribution in [0.1, 0.15) is 35.6 Å². The Morgan fingerprint density at radius 1 is 1.04 bits per heavy atom. The SMILES string of the molecule is Cc1ccc(S(=O)(=O)N[C@@H]2c3ccccc3C3=CCCC32)cc1. The molecule has 0 bridgehead atoms. The molecule has 4 rings (SSSR count). The maximum Gasteiger partial charge on any atom is 0.241 e. The highest BCUT2D eigenvalue weighted by atomic mass is 32.2. The molecular formula is C19H19NO2S. The summed E-state index contributed by atoms with van der Waals surface area (Å²) in [6.07, 6.45) is 4.28. The van der Waals surface area contributed by atoms with Crippen molar-refractivity contribution in [1.82, 2.24) is 4.72 Å². The Labute approximate surface area is 137 Å². The topological polar surface area (TPSA) is 46.2 Å². The summed E-state index contributed by atoms with van der Waals surface area (Å²) >= 11 is 0. The number of benzene rings is 2. The fourth-order valence-electron chi connectivity index (χ4n) is 3.73. The van der Waals surface area contributed by atoms with Crippen molar-refractivity contribution in [2.75, 3.05) is 0 Å². The van der Waals surface area contributed by atoms with Gasteiger partial charge in [-0.3, -0.25) is 0 Å². The van der Waals surface area contributed by atoms with Crippen LogP contribution in [0.25, 0.3) is 5.57 Å². The van der Waals surface area contributed by atoms with Gasteiger partial charge in [0.2, 0.25) is 10.0 Å². The maximum atomic E-state index is 12.8. The van der Waals surface area contributed by atoms with Gasteiger partial charge in [-0.05, 0) is 48.6 Å². The summed E-state index contributed by atoms with van der Waals surface area (Å²) in [5.74, 6) is 0.257. The van der Waals surface area contributed by atoms with Gasteiger partial charge < -0.3 is 0 Å². The van der Waals surface area contributed by atoms with Crippen molar-refractivity contribution in [2.45, 2.75) is 30.7 Å². The zero-order valence-corrected chi connectivity index (χ0v) is 13.8. The summed E-state index contributed by atoms with van der Waals surface area (Å²) in [5, 5.41) is 0. The van der Waals surface area contributed by atoms with Crippen molar-refractivity contribution >= 4 is 15.6 Å². The lowest BCUT2D eigenvalue weighted by atomic mass is 9.99. The number of fused-ring (bicyclic) bond motifs is 3. The van der Waals surface area contributed by atoms with E-state index in [0.29, 0.717) is 4.90 Å². The Balaban J connectivity index is 1.71. The lowest BCUT2D eigenvalue weighted by molar-refractivity contribution is 0.488. The predicted octanol–water partition coefficient (Wildman–Crippen LogP) is 3.82. The number of aryl methyl sites for hydroxylation is 1. The lowest BCUT2D eigenvalue weighted by Crippen LogP contribution is -2.31. The molecule has 4 heteroatoms. The third-order valence-electron chi connectivity index (χ3n) is 4.86. The number of nitrogens with one attached hydrogen (secondary N) is 1. The minimum atomic E-state index is -3.52. The van der Waals surface area contributed by atoms with E-state index < -0.39 is 10.0 Å². The van der Waals surface area contributed by atoms with Crippen molar-refractivity contribution in [2.24, 2.45) is 5.92 Å². The molecule has 2 aromatic rings. The molecule has 0 heterocycles. The first kappa shape index (κ1) is 14.7. The van der Waals surface area contributed by atoms with Gasteiger partial charge in [0, 0.05) is 5.92 Å². The quantitative estimate of drug-likeness (QED) is 0.932. The molecule has 1 N–H and O–H groups in total. The molecular weight excluding hydrogens is 306 g/mol. The minimum absolute atomic E-state index is 0.161. The van der Waals surface area contributed by atoms with E-state index in [1.54, 1.807) is 12.1 Å². The molecule has 2 aliphatic carbocycles. The number of hydrogen-bond acceptors (Lipinski definition) is 2. The summed E-state index contributed by atoms with van der Waals surface area (Å²) < 4.78 is 28.5. The van der Waals surface area contributed by atoms with Crippen molar-refractivity contribution in [3.63, 3.8) is 0 Å². The normalized spacial score (nSPS) is 22.6. The van der Waals surface area contributed by atoms with Gasteiger partial charge in [0.15, 0.2) is 0 Å². The van der Waals surface area contributed by atoms with Crippen molar-refractivity contribution in [3.8, 4) is 0 Å². The van der Waals surface area contributed by atoms with Crippen LogP contribution in [0.3, 0.4) is 0 Å². The van der Waals surface area contributed by atoms with Crippen LogP contribution in [0.2, 0.25) is 0 Å². The highest BCUT2D eigenvalue weighted by molar-refractivity contribution is 7.89. The lowest BCUT2D eigenvalue weighted by Gasteiger charge is -2.20. The van der Waals surface area contributed by atoms with Crippen molar-refractivity contribution in [3.05, 3.63) is 71.3 Å². The fraction of sp³-hybridized carbons (Fsp3) is 0.263. The first-order valence-corrected chi connectivity index (χ1v) is 9.43. The molecule has 0 amide bonds. The molecule has 2 aliphatic rings. The maximum absolute atomic E-state index is 12.8. The van der Waals surface area contributed by atoms with Crippen LogP contribution in [-0.2, 0) is 10.0 Å². The van der Waals surface area contributed by atoms with E-state index in [-0.39, 0.29) is 12.0 Å². The van der Waals surface area contributed by atoms with Crippen LogP contribution in [0.4, 0.5) is 0 Å². The Bertz CT molecular complexity index is 882. The average Bonchev–Trinajstić information content (AvgIpc) is 3.11. The number of allylic oxidation sites excluding steroid dienone is 1. The molecule has 0 saturated heterocycles. The Hall–Kier alpha value is -1.91. The highest BCUT2D eigenvalue weighted by Crippen LogP contribution is 2.50. The van der Waals surface area contributed by atoms with E-state index in [1.807, 2.05) is 37.3 Å². The van der Waals surface area contributed by atoms with E-state index in [2.05, 4.69) is 16.9 Å². The smallest absolute Gasteiger partial charge is 0.207 e. The largest absolute Gasteiger partial charge is 0.241 e. The third kappa shape index (κ3) is 2.42. The Morgan fingerprint density at radius 2 is 1.78 bits per heavy atom. The van der Waals surface area contributed by atoms with Gasteiger partial charge in [-0.1, -0.05) is 48.0 Å². The van der Waals surface area contributed by atoms with Gasteiger partial charge in [-0.25, -0.2) is 13.1 Å². The molecule has 0 aromatic heterocycles. The Morgan fingerprint density at radius 3 is 2.57 bits per heavy atom. The van der Waals surface area contributed by atoms with Gasteiger partial charge >= 0.3 is 0 Å². The van der Waals surface area contributed by atoms with Crippen molar-refractivity contribution < 1.29 is 8.42 Å². The van der Waals surface area contributed by atoms with E-state index in [4.69, 9.17) is 0 Å². The predicted molar refractivity (Wildman–Crippen MR) is 91.4 cm³/mol. The summed E-state index contributed by atoms with van der Waals surface area (Å²) in [7, 11) is -3.52. The molecule has 2 atom stereocenters. The van der Waals surface area contributed by atoms with Gasteiger partial charge in [-0.15, -0.1) is 0 Å². The van der Waals surface area contributed by atoms with Crippen LogP contribution in [0.15, 0.2) is 59.5 Å². The standard InChI is InChI=1S/C19H19NO2S/c1-13-9-11-14(12-10-13)23(21,22)20-19-17-6-3-2-5-15(17)16-7-4-8-18(16)19/h2-3,5-7,9-12,18-20H,4,8H2,1H3/t18?,19-/m1/s1. The number of hydrogen-bond donors (Lipinski definition) is 1. The van der Waals surface area contributed by atoms with Gasteiger partial charge in [0.25, 0.3) is 0 Å². The fourth-order valence-corrected chi connectivity index (χ4v) is 4.98. The molecule has 3 nitrogen and oxygen atoms in total. The summed E-state index contributed by atoms with van der Waals surface area (Å²) in [6.45, 7) is 1.95. The monoisotopic (exact) mass is 325 g/mol. The van der Waals surface area contributed by atoms with Crippen LogP contribution >= 0.6 is 0 Å². The summed E-state index contributed by atoms with van der Waals surface area (Å²) in [4.78, 5) is 0.330. The van der Waals surface area contributed by atoms with E-state index in [0.717, 1.165) is 24.0 Å². The number of rotatable bonds is 3. The molecule has 2 aromatic carbocycles. The zero-order valence-electron chi connectivity index (χ0n) is 13.0. The summed E-state index contributed by atoms with van der Waals surface area (Å²) in [5.41, 5.74) is 4.65. The van der Waals surface area contributed by atoms with Gasteiger partial charge in [-0.2, -0.15) is 0 Å². The molecule has 1 unspecified atom stereocenters. The second kappa shape index (κ2) is 5.32. The molecule has 0 radical (unpaired) electrons. The van der Waals surface area contributed by atoms with Crippen molar-refractivity contribution in [1.29, 1.82) is 0 Å². The molecule has 0 aliphatic heterocycles. The second-order valence-corrected chi connectivity index (χ2v) is 8.06. The highest BCUT2D eigenvalue weighted by Gasteiger charge is 2.40. The third-order valence-corrected chi connectivity index (χ3v) is 6.32. The van der Waals surface area contributed by atoms with Crippen LogP contribution in [0.5, 0.6) is 0 Å². The first-order chi connectivity index (χ1) is 11.1. The second-order valence-electron chi connectivity index (χ2n) is 6.34. The van der Waals surface area contributed by atoms with Gasteiger partial charge in [0.05, 0.1) is 10.9 Å². The minimum Gasteiger partial charge on any atom is -0.207 e. The first-order valence-electron chi connectivity index (χ1n) is 7.94. The summed E-state index contributed by atoms with van der Waals surface area (Å²) in [6, 6.07) is 15.0. The zero-order chi connectivity index (χ0) is 16.0. The number of sulfonamides is 1. The van der Waals surface area contributed by atoms with Crippen LogP contribution in [-0.4, -0.2) is 8.42 Å². The van der Waals surface area contributed by atoms with Crippen LogP contribution in [0, 0.1) is 12.8 Å². The molecule has 0 spiro atoms. The van der Waals surface area contributed by atoms with Gasteiger partial charge in [0.1, 0.15) is 0 Å². The van der Waals surface area contributed by atoms with Crippen LogP contribution < -0.4 is 4.72 Å². The molecule has 23 heavy (non-hydrogen) atoms. The average molecular weight is 325 g/mol. The van der Waals surface area contributed by atoms with E-state index in [1.165, 1.54) is 11.1 Å². The van der Waals surface area contributed by atoms with E-state index in [9.17, 15) is 8.42 Å².